The maximum absolute atomic E-state index is 12.7. The highest BCUT2D eigenvalue weighted by atomic mass is 32.2. The molecule has 1 saturated heterocycles. The highest BCUT2D eigenvalue weighted by molar-refractivity contribution is 7.99. The summed E-state index contributed by atoms with van der Waals surface area (Å²) < 4.78 is 1.71. The van der Waals surface area contributed by atoms with Gasteiger partial charge in [0.2, 0.25) is 11.8 Å². The molecule has 0 aromatic carbocycles. The first kappa shape index (κ1) is 18.0. The number of carbonyl (C=O) groups is 2. The molecule has 2 amide bonds. The quantitative estimate of drug-likeness (QED) is 0.743. The molecule has 0 aliphatic carbocycles. The molecule has 3 rings (SSSR count). The minimum absolute atomic E-state index is 0.00537. The third kappa shape index (κ3) is 3.44. The lowest BCUT2D eigenvalue weighted by Crippen LogP contribution is -2.50. The monoisotopic (exact) mass is 364 g/mol. The molecule has 0 radical (unpaired) electrons. The Bertz CT molecular complexity index is 753. The molecule has 1 aromatic rings. The van der Waals surface area contributed by atoms with Crippen molar-refractivity contribution in [1.82, 2.24) is 19.4 Å². The number of thioether (sulfide) groups is 1. The van der Waals surface area contributed by atoms with Crippen LogP contribution >= 0.6 is 11.8 Å². The van der Waals surface area contributed by atoms with Crippen molar-refractivity contribution in [3.05, 3.63) is 21.6 Å². The average Bonchev–Trinajstić information content (AvgIpc) is 2.98. The minimum atomic E-state index is -0.135. The van der Waals surface area contributed by atoms with Crippen molar-refractivity contribution < 1.29 is 9.59 Å². The highest BCUT2D eigenvalue weighted by Gasteiger charge is 2.31. The van der Waals surface area contributed by atoms with Crippen LogP contribution in [0.5, 0.6) is 0 Å². The largest absolute Gasteiger partial charge is 0.339 e. The van der Waals surface area contributed by atoms with E-state index < -0.39 is 0 Å². The van der Waals surface area contributed by atoms with E-state index in [9.17, 15) is 14.4 Å². The van der Waals surface area contributed by atoms with Gasteiger partial charge in [-0.05, 0) is 13.3 Å². The van der Waals surface area contributed by atoms with Crippen molar-refractivity contribution in [1.29, 1.82) is 0 Å². The second-order valence-electron chi connectivity index (χ2n) is 6.54. The Morgan fingerprint density at radius 3 is 2.44 bits per heavy atom. The number of hydrogen-bond acceptors (Lipinski definition) is 5. The molecule has 3 heterocycles. The number of aromatic nitrogens is 2. The van der Waals surface area contributed by atoms with Crippen LogP contribution in [-0.2, 0) is 16.0 Å². The lowest BCUT2D eigenvalue weighted by molar-refractivity contribution is -0.138. The second-order valence-corrected chi connectivity index (χ2v) is 7.53. The van der Waals surface area contributed by atoms with Gasteiger partial charge < -0.3 is 9.80 Å². The van der Waals surface area contributed by atoms with Crippen LogP contribution in [-0.4, -0.2) is 63.1 Å². The third-order valence-corrected chi connectivity index (χ3v) is 6.09. The van der Waals surface area contributed by atoms with Gasteiger partial charge >= 0.3 is 0 Å². The Morgan fingerprint density at radius 1 is 1.20 bits per heavy atom. The van der Waals surface area contributed by atoms with E-state index in [4.69, 9.17) is 0 Å². The zero-order valence-corrected chi connectivity index (χ0v) is 15.8. The van der Waals surface area contributed by atoms with Gasteiger partial charge in [-0.1, -0.05) is 18.7 Å². The average molecular weight is 364 g/mol. The van der Waals surface area contributed by atoms with E-state index in [2.05, 4.69) is 4.98 Å². The molecule has 2 aliphatic heterocycles. The molecule has 2 aliphatic rings. The molecule has 0 spiro atoms. The SMILES string of the molecule is CCc1c(C)nc2n(c1=O)C(CC(=O)N1CCN(C(C)=O)CC1)CS2. The predicted octanol–water partition coefficient (Wildman–Crippen LogP) is 0.842. The summed E-state index contributed by atoms with van der Waals surface area (Å²) >= 11 is 1.54. The molecular weight excluding hydrogens is 340 g/mol. The molecule has 8 heteroatoms. The molecule has 1 unspecified atom stereocenters. The van der Waals surface area contributed by atoms with Crippen molar-refractivity contribution in [2.75, 3.05) is 31.9 Å². The van der Waals surface area contributed by atoms with Gasteiger partial charge in [-0.3, -0.25) is 19.0 Å². The fourth-order valence-electron chi connectivity index (χ4n) is 3.48. The Morgan fingerprint density at radius 2 is 1.84 bits per heavy atom. The van der Waals surface area contributed by atoms with E-state index in [1.54, 1.807) is 33.1 Å². The molecule has 1 aromatic heterocycles. The number of amides is 2. The van der Waals surface area contributed by atoms with Crippen molar-refractivity contribution in [2.45, 2.75) is 44.8 Å². The fraction of sp³-hybridized carbons (Fsp3) is 0.647. The van der Waals surface area contributed by atoms with E-state index in [0.29, 0.717) is 44.8 Å². The third-order valence-electron chi connectivity index (χ3n) is 4.99. The normalized spacial score (nSPS) is 19.9. The maximum atomic E-state index is 12.7. The van der Waals surface area contributed by atoms with E-state index in [-0.39, 0.29) is 23.4 Å². The molecule has 0 saturated carbocycles. The standard InChI is InChI=1S/C17H24N4O3S/c1-4-14-11(2)18-17-21(16(14)24)13(10-25-17)9-15(23)20-7-5-19(6-8-20)12(3)22/h13H,4-10H2,1-3H3. The molecular formula is C17H24N4O3S. The summed E-state index contributed by atoms with van der Waals surface area (Å²) in [5.41, 5.74) is 1.52. The van der Waals surface area contributed by atoms with Crippen LogP contribution in [0.2, 0.25) is 0 Å². The van der Waals surface area contributed by atoms with Crippen molar-refractivity contribution >= 4 is 23.6 Å². The van der Waals surface area contributed by atoms with Crippen LogP contribution in [0.3, 0.4) is 0 Å². The Labute approximate surface area is 151 Å². The topological polar surface area (TPSA) is 75.5 Å². The smallest absolute Gasteiger partial charge is 0.257 e. The summed E-state index contributed by atoms with van der Waals surface area (Å²) in [4.78, 5) is 44.9. The lowest BCUT2D eigenvalue weighted by Gasteiger charge is -2.34. The van der Waals surface area contributed by atoms with Gasteiger partial charge in [0.05, 0.1) is 6.04 Å². The van der Waals surface area contributed by atoms with Gasteiger partial charge in [0.1, 0.15) is 0 Å². The number of hydrogen-bond donors (Lipinski definition) is 0. The van der Waals surface area contributed by atoms with E-state index in [0.717, 1.165) is 16.4 Å². The summed E-state index contributed by atoms with van der Waals surface area (Å²) in [5.74, 6) is 0.800. The Balaban J connectivity index is 1.71. The van der Waals surface area contributed by atoms with Gasteiger partial charge in [0.25, 0.3) is 5.56 Å². The lowest BCUT2D eigenvalue weighted by atomic mass is 10.1. The molecule has 25 heavy (non-hydrogen) atoms. The zero-order valence-electron chi connectivity index (χ0n) is 14.9. The molecule has 0 N–H and O–H groups in total. The van der Waals surface area contributed by atoms with Crippen LogP contribution in [0, 0.1) is 6.92 Å². The number of nitrogens with zero attached hydrogens (tertiary/aromatic N) is 4. The Kier molecular flexibility index (Phi) is 5.17. The number of aryl methyl sites for hydroxylation is 1. The number of carbonyl (C=O) groups excluding carboxylic acids is 2. The highest BCUT2D eigenvalue weighted by Crippen LogP contribution is 2.33. The van der Waals surface area contributed by atoms with Gasteiger partial charge in [-0.25, -0.2) is 4.98 Å². The van der Waals surface area contributed by atoms with Gasteiger partial charge in [-0.2, -0.15) is 0 Å². The van der Waals surface area contributed by atoms with Gasteiger partial charge in [-0.15, -0.1) is 0 Å². The van der Waals surface area contributed by atoms with E-state index in [1.165, 1.54) is 0 Å². The van der Waals surface area contributed by atoms with Crippen molar-refractivity contribution in [2.24, 2.45) is 0 Å². The first-order valence-electron chi connectivity index (χ1n) is 8.70. The molecule has 1 atom stereocenters. The van der Waals surface area contributed by atoms with Crippen LogP contribution < -0.4 is 5.56 Å². The molecule has 0 bridgehead atoms. The van der Waals surface area contributed by atoms with Crippen LogP contribution in [0.25, 0.3) is 0 Å². The van der Waals surface area contributed by atoms with Gasteiger partial charge in [0, 0.05) is 56.5 Å². The summed E-state index contributed by atoms with van der Waals surface area (Å²) in [7, 11) is 0. The fourth-order valence-corrected chi connectivity index (χ4v) is 4.66. The maximum Gasteiger partial charge on any atom is 0.257 e. The predicted molar refractivity (Wildman–Crippen MR) is 95.8 cm³/mol. The van der Waals surface area contributed by atoms with E-state index >= 15 is 0 Å². The van der Waals surface area contributed by atoms with Gasteiger partial charge in [0.15, 0.2) is 5.16 Å². The van der Waals surface area contributed by atoms with Crippen LogP contribution in [0.15, 0.2) is 9.95 Å². The van der Waals surface area contributed by atoms with Crippen LogP contribution in [0.1, 0.15) is 37.6 Å². The second kappa shape index (κ2) is 7.19. The first-order valence-corrected chi connectivity index (χ1v) is 9.69. The first-order chi connectivity index (χ1) is 11.9. The van der Waals surface area contributed by atoms with Crippen molar-refractivity contribution in [3.63, 3.8) is 0 Å². The summed E-state index contributed by atoms with van der Waals surface area (Å²) in [6.07, 6.45) is 0.962. The number of rotatable bonds is 3. The zero-order chi connectivity index (χ0) is 18.1. The number of piperazine rings is 1. The summed E-state index contributed by atoms with van der Waals surface area (Å²) in [6.45, 7) is 7.66. The van der Waals surface area contributed by atoms with Crippen molar-refractivity contribution in [3.8, 4) is 0 Å². The van der Waals surface area contributed by atoms with Crippen LogP contribution in [0.4, 0.5) is 0 Å². The number of fused-ring (bicyclic) bond motifs is 1. The summed E-state index contributed by atoms with van der Waals surface area (Å²) in [5, 5.41) is 0.721. The minimum Gasteiger partial charge on any atom is -0.339 e. The molecule has 1 fully saturated rings. The molecule has 136 valence electrons. The van der Waals surface area contributed by atoms with E-state index in [1.807, 2.05) is 13.8 Å². The Hall–Kier alpha value is -1.83. The molecule has 7 nitrogen and oxygen atoms in total. The summed E-state index contributed by atoms with van der Waals surface area (Å²) in [6, 6.07) is -0.135.